The number of benzene rings is 3. The molecule has 0 radical (unpaired) electrons. The molecular weight excluding hydrogens is 797 g/mol. The third kappa shape index (κ3) is 14.2. The number of likely N-dealkylation sites (N-methyl/N-ethyl adjacent to an activating group) is 1. The molecule has 0 bridgehead atoms. The predicted molar refractivity (Wildman–Crippen MR) is 238 cm³/mol. The number of rotatable bonds is 24. The summed E-state index contributed by atoms with van der Waals surface area (Å²) in [6.07, 6.45) is 4.04. The summed E-state index contributed by atoms with van der Waals surface area (Å²) in [6.45, 7) is 3.96. The molecular formula is C45H60N8O7S. The Kier molecular flexibility index (Phi) is 18.8. The Labute approximate surface area is 362 Å². The van der Waals surface area contributed by atoms with Gasteiger partial charge in [0.15, 0.2) is 0 Å². The third-order valence-corrected chi connectivity index (χ3v) is 10.9. The molecule has 3 aromatic carbocycles. The van der Waals surface area contributed by atoms with Gasteiger partial charge in [-0.15, -0.1) is 0 Å². The maximum Gasteiger partial charge on any atom is 0.243 e. The van der Waals surface area contributed by atoms with Gasteiger partial charge in [-0.3, -0.25) is 24.0 Å². The first-order chi connectivity index (χ1) is 29.3. The number of nitrogens with zero attached hydrogens (tertiary/aromatic N) is 1. The average Bonchev–Trinajstić information content (AvgIpc) is 3.66. The van der Waals surface area contributed by atoms with E-state index in [1.807, 2.05) is 54.6 Å². The molecule has 61 heavy (non-hydrogen) atoms. The normalized spacial score (nSPS) is 14.2. The van der Waals surface area contributed by atoms with Gasteiger partial charge in [0.2, 0.25) is 29.5 Å². The number of hydrogen-bond acceptors (Lipinski definition) is 10. The molecule has 4 aromatic rings. The molecule has 328 valence electrons. The number of phenols is 1. The smallest absolute Gasteiger partial charge is 0.243 e. The van der Waals surface area contributed by atoms with Crippen LogP contribution in [0.5, 0.6) is 5.75 Å². The van der Waals surface area contributed by atoms with Gasteiger partial charge in [-0.05, 0) is 78.8 Å². The Morgan fingerprint density at radius 3 is 1.98 bits per heavy atom. The Hall–Kier alpha value is -5.71. The molecule has 5 amide bonds. The van der Waals surface area contributed by atoms with Gasteiger partial charge >= 0.3 is 0 Å². The Balaban J connectivity index is 1.71. The average molecular weight is 857 g/mol. The van der Waals surface area contributed by atoms with E-state index in [-0.39, 0.29) is 43.8 Å². The largest absolute Gasteiger partial charge is 0.508 e. The molecule has 0 fully saturated rings. The molecule has 0 aliphatic rings. The van der Waals surface area contributed by atoms with Crippen molar-refractivity contribution in [3.05, 3.63) is 102 Å². The molecule has 1 aromatic heterocycles. The van der Waals surface area contributed by atoms with E-state index in [0.717, 1.165) is 16.5 Å². The molecule has 1 heterocycles. The minimum atomic E-state index is -1.29. The molecule has 4 rings (SSSR count). The van der Waals surface area contributed by atoms with Crippen LogP contribution in [0.1, 0.15) is 56.2 Å². The SMILES string of the molecule is CC(C)[C@@H](C=O)NC(=O)[C@H](CCCCN)NC(=O)[C@@H](Cc1c[nH]c2ccccc12)NC(=O)[C@H](Cc1ccc(O)cc1)NC(=O)[C@H](Cc1ccccc1)N(C)C(=O)[C@@H](N)CCS. The van der Waals surface area contributed by atoms with Gasteiger partial charge in [0.1, 0.15) is 36.2 Å². The van der Waals surface area contributed by atoms with Gasteiger partial charge in [0.25, 0.3) is 0 Å². The molecule has 0 saturated heterocycles. The van der Waals surface area contributed by atoms with E-state index < -0.39 is 65.8 Å². The molecule has 0 aliphatic heterocycles. The van der Waals surface area contributed by atoms with Crippen molar-refractivity contribution in [1.82, 2.24) is 31.2 Å². The molecule has 0 unspecified atom stereocenters. The van der Waals surface area contributed by atoms with E-state index in [0.29, 0.717) is 42.6 Å². The quantitative estimate of drug-likeness (QED) is 0.0285. The van der Waals surface area contributed by atoms with Gasteiger partial charge in [-0.25, -0.2) is 0 Å². The molecule has 15 nitrogen and oxygen atoms in total. The fourth-order valence-electron chi connectivity index (χ4n) is 6.92. The number of amides is 5. The number of carbonyl (C=O) groups excluding carboxylic acids is 6. The van der Waals surface area contributed by atoms with E-state index in [2.05, 4.69) is 38.9 Å². The first-order valence-corrected chi connectivity index (χ1v) is 21.3. The van der Waals surface area contributed by atoms with Crippen molar-refractivity contribution in [3.8, 4) is 5.75 Å². The number of aromatic nitrogens is 1. The predicted octanol–water partition coefficient (Wildman–Crippen LogP) is 2.30. The van der Waals surface area contributed by atoms with Crippen LogP contribution in [0.15, 0.2) is 85.1 Å². The van der Waals surface area contributed by atoms with E-state index in [9.17, 15) is 33.9 Å². The lowest BCUT2D eigenvalue weighted by atomic mass is 9.99. The summed E-state index contributed by atoms with van der Waals surface area (Å²) in [5.41, 5.74) is 14.8. The van der Waals surface area contributed by atoms with Crippen molar-refractivity contribution in [2.45, 2.75) is 95.0 Å². The molecule has 0 aliphatic carbocycles. The van der Waals surface area contributed by atoms with E-state index in [4.69, 9.17) is 11.5 Å². The van der Waals surface area contributed by atoms with Gasteiger partial charge in [0, 0.05) is 43.4 Å². The van der Waals surface area contributed by atoms with Gasteiger partial charge in [-0.1, -0.05) is 74.5 Å². The standard InChI is InChI=1S/C45H60N8O7S/c1-28(2)39(27-54)52-41(56)36(15-9-10-21-46)49-43(58)38(25-31-26-48-35-14-8-7-13-33(31)35)50-42(57)37(23-30-16-18-32(55)19-17-30)51-44(59)40(24-29-11-5-4-6-12-29)53(3)45(60)34(47)20-22-61/h4-8,11-14,16-19,26-28,34,36-40,48,55,61H,9-10,15,20-25,46-47H2,1-3H3,(H,49,58)(H,50,57)(H,51,59)(H,52,56)/t34-,36-,37-,38+,39+,40-/m0/s1. The molecule has 16 heteroatoms. The monoisotopic (exact) mass is 856 g/mol. The minimum Gasteiger partial charge on any atom is -0.508 e. The fourth-order valence-corrected chi connectivity index (χ4v) is 7.20. The molecule has 6 atom stereocenters. The van der Waals surface area contributed by atoms with Crippen LogP contribution in [0.2, 0.25) is 0 Å². The number of H-pyrrole nitrogens is 1. The summed E-state index contributed by atoms with van der Waals surface area (Å²) in [5, 5.41) is 22.1. The van der Waals surface area contributed by atoms with Crippen LogP contribution >= 0.6 is 12.6 Å². The second kappa shape index (κ2) is 23.9. The summed E-state index contributed by atoms with van der Waals surface area (Å²) in [4.78, 5) is 86.8. The van der Waals surface area contributed by atoms with Gasteiger partial charge in [-0.2, -0.15) is 12.6 Å². The van der Waals surface area contributed by atoms with Gasteiger partial charge in [0.05, 0.1) is 12.1 Å². The Bertz CT molecular complexity index is 2060. The number of phenolic OH excluding ortho intramolecular Hbond substituents is 1. The van der Waals surface area contributed by atoms with Crippen LogP contribution in [-0.4, -0.2) is 106 Å². The third-order valence-electron chi connectivity index (χ3n) is 10.6. The highest BCUT2D eigenvalue weighted by Gasteiger charge is 2.35. The second-order valence-electron chi connectivity index (χ2n) is 15.6. The topological polar surface area (TPSA) is 242 Å². The second-order valence-corrected chi connectivity index (χ2v) is 16.0. The van der Waals surface area contributed by atoms with Crippen LogP contribution in [0.3, 0.4) is 0 Å². The fraction of sp³-hybridized carbons (Fsp3) is 0.422. The number of unbranched alkanes of at least 4 members (excludes halogenated alkanes) is 1. The highest BCUT2D eigenvalue weighted by molar-refractivity contribution is 7.80. The lowest BCUT2D eigenvalue weighted by Gasteiger charge is -2.31. The van der Waals surface area contributed by atoms with Crippen LogP contribution in [-0.2, 0) is 48.0 Å². The summed E-state index contributed by atoms with van der Waals surface area (Å²) >= 11 is 4.22. The van der Waals surface area contributed by atoms with Gasteiger partial charge < -0.3 is 52.5 Å². The Morgan fingerprint density at radius 1 is 0.754 bits per heavy atom. The van der Waals surface area contributed by atoms with Crippen LogP contribution in [0.4, 0.5) is 0 Å². The van der Waals surface area contributed by atoms with Crippen molar-refractivity contribution >= 4 is 59.4 Å². The first kappa shape index (κ1) is 48.0. The number of carbonyl (C=O) groups is 6. The number of fused-ring (bicyclic) bond motifs is 1. The lowest BCUT2D eigenvalue weighted by molar-refractivity contribution is -0.141. The maximum absolute atomic E-state index is 14.6. The number of nitrogens with one attached hydrogen (secondary N) is 5. The van der Waals surface area contributed by atoms with E-state index in [1.165, 1.54) is 24.1 Å². The summed E-state index contributed by atoms with van der Waals surface area (Å²) in [6, 6.07) is 16.3. The Morgan fingerprint density at radius 2 is 1.34 bits per heavy atom. The van der Waals surface area contributed by atoms with Crippen LogP contribution in [0, 0.1) is 5.92 Å². The van der Waals surface area contributed by atoms with Crippen molar-refractivity contribution in [2.75, 3.05) is 19.3 Å². The van der Waals surface area contributed by atoms with Crippen molar-refractivity contribution in [3.63, 3.8) is 0 Å². The summed E-state index contributed by atoms with van der Waals surface area (Å²) in [7, 11) is 1.49. The number of aldehydes is 1. The zero-order valence-electron chi connectivity index (χ0n) is 35.0. The van der Waals surface area contributed by atoms with Crippen LogP contribution in [0.25, 0.3) is 10.9 Å². The highest BCUT2D eigenvalue weighted by Crippen LogP contribution is 2.20. The number of hydrogen-bond donors (Lipinski definition) is 9. The van der Waals surface area contributed by atoms with E-state index >= 15 is 0 Å². The minimum absolute atomic E-state index is 0.00153. The summed E-state index contributed by atoms with van der Waals surface area (Å²) in [5.74, 6) is -2.89. The molecule has 0 spiro atoms. The lowest BCUT2D eigenvalue weighted by Crippen LogP contribution is -2.60. The zero-order chi connectivity index (χ0) is 44.5. The number of thiol groups is 1. The summed E-state index contributed by atoms with van der Waals surface area (Å²) < 4.78 is 0. The number of aromatic hydroxyl groups is 1. The number of nitrogens with two attached hydrogens (primary N) is 2. The first-order valence-electron chi connectivity index (χ1n) is 20.6. The van der Waals surface area contributed by atoms with Crippen molar-refractivity contribution in [1.29, 1.82) is 0 Å². The van der Waals surface area contributed by atoms with Crippen LogP contribution < -0.4 is 32.7 Å². The van der Waals surface area contributed by atoms with Crippen molar-refractivity contribution in [2.24, 2.45) is 17.4 Å². The zero-order valence-corrected chi connectivity index (χ0v) is 35.9. The number of aromatic amines is 1. The molecule has 10 N–H and O–H groups in total. The van der Waals surface area contributed by atoms with E-state index in [1.54, 1.807) is 32.2 Å². The number of para-hydroxylation sites is 1. The van der Waals surface area contributed by atoms with Crippen molar-refractivity contribution < 1.29 is 33.9 Å². The maximum atomic E-state index is 14.6. The molecule has 0 saturated carbocycles. The highest BCUT2D eigenvalue weighted by atomic mass is 32.1.